The lowest BCUT2D eigenvalue weighted by Crippen LogP contribution is -2.70. The van der Waals surface area contributed by atoms with E-state index in [2.05, 4.69) is 34.6 Å². The van der Waals surface area contributed by atoms with Gasteiger partial charge in [0.15, 0.2) is 6.17 Å². The molecule has 2 fully saturated rings. The van der Waals surface area contributed by atoms with Crippen molar-refractivity contribution in [3.8, 4) is 5.75 Å². The molecule has 2 amide bonds. The van der Waals surface area contributed by atoms with Gasteiger partial charge in [-0.2, -0.15) is 5.10 Å². The molecule has 1 saturated heterocycles. The molecule has 3 unspecified atom stereocenters. The fourth-order valence-corrected chi connectivity index (χ4v) is 4.79. The number of rotatable bonds is 6. The van der Waals surface area contributed by atoms with Crippen LogP contribution in [0.15, 0.2) is 29.4 Å². The standard InChI is InChI=1S/C22H31N5O3/c1-4-30-16-11-9-15(10-12-16)23-19(28)13-26-17-7-5-6-8-18(17)27-20(14(2)3)24-25-21(27)22(26)29/h9-12,14,17-18,21,25H,4-8,13H2,1-3H3,(H,23,28). The van der Waals surface area contributed by atoms with Crippen LogP contribution in [0.5, 0.6) is 5.75 Å². The molecule has 2 N–H and O–H groups in total. The molecule has 8 heteroatoms. The van der Waals surface area contributed by atoms with Gasteiger partial charge in [-0.1, -0.05) is 26.7 Å². The number of benzene rings is 1. The van der Waals surface area contributed by atoms with Gasteiger partial charge in [0.2, 0.25) is 5.91 Å². The summed E-state index contributed by atoms with van der Waals surface area (Å²) in [5.74, 6) is 1.70. The van der Waals surface area contributed by atoms with Gasteiger partial charge in [0.05, 0.1) is 18.7 Å². The van der Waals surface area contributed by atoms with E-state index in [4.69, 9.17) is 4.74 Å². The second-order valence-electron chi connectivity index (χ2n) is 8.45. The Morgan fingerprint density at radius 2 is 1.93 bits per heavy atom. The van der Waals surface area contributed by atoms with E-state index in [0.717, 1.165) is 37.3 Å². The summed E-state index contributed by atoms with van der Waals surface area (Å²) in [6, 6.07) is 7.52. The third-order valence-corrected chi connectivity index (χ3v) is 6.09. The molecule has 162 valence electrons. The number of hydrogen-bond acceptors (Lipinski definition) is 6. The van der Waals surface area contributed by atoms with Crippen LogP contribution in [0.2, 0.25) is 0 Å². The van der Waals surface area contributed by atoms with E-state index < -0.39 is 6.17 Å². The Morgan fingerprint density at radius 1 is 1.23 bits per heavy atom. The van der Waals surface area contributed by atoms with Crippen molar-refractivity contribution < 1.29 is 14.3 Å². The molecule has 0 radical (unpaired) electrons. The number of fused-ring (bicyclic) bond motifs is 3. The highest BCUT2D eigenvalue weighted by molar-refractivity contribution is 5.98. The lowest BCUT2D eigenvalue weighted by Gasteiger charge is -2.51. The fraction of sp³-hybridized carbons (Fsp3) is 0.591. The van der Waals surface area contributed by atoms with Crippen molar-refractivity contribution in [3.05, 3.63) is 24.3 Å². The molecular formula is C22H31N5O3. The lowest BCUT2D eigenvalue weighted by atomic mass is 9.85. The van der Waals surface area contributed by atoms with Crippen LogP contribution in [0.1, 0.15) is 46.5 Å². The van der Waals surface area contributed by atoms with Crippen LogP contribution in [-0.2, 0) is 9.59 Å². The van der Waals surface area contributed by atoms with E-state index in [1.54, 1.807) is 4.90 Å². The Labute approximate surface area is 177 Å². The average molecular weight is 414 g/mol. The molecule has 30 heavy (non-hydrogen) atoms. The number of hydrazone groups is 1. The molecule has 4 rings (SSSR count). The minimum absolute atomic E-state index is 0.0393. The summed E-state index contributed by atoms with van der Waals surface area (Å²) < 4.78 is 5.44. The van der Waals surface area contributed by atoms with Crippen molar-refractivity contribution >= 4 is 23.3 Å². The van der Waals surface area contributed by atoms with Crippen LogP contribution < -0.4 is 15.5 Å². The van der Waals surface area contributed by atoms with Gasteiger partial charge in [0.1, 0.15) is 18.1 Å². The number of anilines is 1. The van der Waals surface area contributed by atoms with Crippen LogP contribution in [0.4, 0.5) is 5.69 Å². The van der Waals surface area contributed by atoms with Crippen LogP contribution in [-0.4, -0.2) is 58.9 Å². The van der Waals surface area contributed by atoms with Gasteiger partial charge >= 0.3 is 0 Å². The Hall–Kier alpha value is -2.77. The number of nitrogens with one attached hydrogen (secondary N) is 2. The number of nitrogens with zero attached hydrogens (tertiary/aromatic N) is 3. The zero-order chi connectivity index (χ0) is 21.3. The molecule has 1 aromatic carbocycles. The smallest absolute Gasteiger partial charge is 0.268 e. The molecule has 0 aromatic heterocycles. The predicted octanol–water partition coefficient (Wildman–Crippen LogP) is 2.38. The number of piperazine rings is 1. The quantitative estimate of drug-likeness (QED) is 0.748. The van der Waals surface area contributed by atoms with Crippen molar-refractivity contribution in [3.63, 3.8) is 0 Å². The normalized spacial score (nSPS) is 25.4. The maximum atomic E-state index is 13.3. The second-order valence-corrected chi connectivity index (χ2v) is 8.45. The molecule has 3 aliphatic rings. The van der Waals surface area contributed by atoms with Crippen LogP contribution in [0, 0.1) is 5.92 Å². The highest BCUT2D eigenvalue weighted by atomic mass is 16.5. The highest BCUT2D eigenvalue weighted by Crippen LogP contribution is 2.35. The average Bonchev–Trinajstić information content (AvgIpc) is 3.19. The van der Waals surface area contributed by atoms with Gasteiger partial charge in [-0.25, -0.2) is 0 Å². The Morgan fingerprint density at radius 3 is 2.60 bits per heavy atom. The highest BCUT2D eigenvalue weighted by Gasteiger charge is 2.51. The Kier molecular flexibility index (Phi) is 5.83. The number of carbonyl (C=O) groups is 2. The minimum atomic E-state index is -0.500. The topological polar surface area (TPSA) is 86.3 Å². The van der Waals surface area contributed by atoms with Gasteiger partial charge in [0, 0.05) is 11.6 Å². The zero-order valence-corrected chi connectivity index (χ0v) is 17.9. The maximum absolute atomic E-state index is 13.3. The summed E-state index contributed by atoms with van der Waals surface area (Å²) in [4.78, 5) is 30.0. The Bertz CT molecular complexity index is 823. The lowest BCUT2D eigenvalue weighted by molar-refractivity contribution is -0.151. The van der Waals surface area contributed by atoms with E-state index in [9.17, 15) is 9.59 Å². The summed E-state index contributed by atoms with van der Waals surface area (Å²) in [6.07, 6.45) is 3.64. The summed E-state index contributed by atoms with van der Waals surface area (Å²) >= 11 is 0. The van der Waals surface area contributed by atoms with Crippen LogP contribution in [0.25, 0.3) is 0 Å². The van der Waals surface area contributed by atoms with E-state index in [0.29, 0.717) is 12.3 Å². The molecule has 2 heterocycles. The molecule has 0 bridgehead atoms. The number of amides is 2. The molecule has 2 aliphatic heterocycles. The van der Waals surface area contributed by atoms with E-state index in [1.165, 1.54) is 0 Å². The first-order valence-corrected chi connectivity index (χ1v) is 10.9. The first-order valence-electron chi connectivity index (χ1n) is 10.9. The number of ether oxygens (including phenoxy) is 1. The first kappa shape index (κ1) is 20.5. The number of amidine groups is 1. The molecule has 0 spiro atoms. The van der Waals surface area contributed by atoms with Gasteiger partial charge < -0.3 is 19.9 Å². The van der Waals surface area contributed by atoms with Crippen molar-refractivity contribution in [2.75, 3.05) is 18.5 Å². The SMILES string of the molecule is CCOc1ccc(NC(=O)CN2C(=O)C3NN=C(C(C)C)N3C3CCCCC32)cc1. The predicted molar refractivity (Wildman–Crippen MR) is 115 cm³/mol. The summed E-state index contributed by atoms with van der Waals surface area (Å²) in [6.45, 7) is 6.78. The second kappa shape index (κ2) is 8.53. The van der Waals surface area contributed by atoms with E-state index in [1.807, 2.05) is 31.2 Å². The van der Waals surface area contributed by atoms with E-state index in [-0.39, 0.29) is 36.4 Å². The molecule has 3 atom stereocenters. The van der Waals surface area contributed by atoms with E-state index >= 15 is 0 Å². The van der Waals surface area contributed by atoms with Gasteiger partial charge in [-0.15, -0.1) is 0 Å². The van der Waals surface area contributed by atoms with Crippen LogP contribution in [0.3, 0.4) is 0 Å². The third-order valence-electron chi connectivity index (χ3n) is 6.09. The third kappa shape index (κ3) is 3.82. The Balaban J connectivity index is 1.47. The van der Waals surface area contributed by atoms with Crippen molar-refractivity contribution in [2.45, 2.75) is 64.7 Å². The van der Waals surface area contributed by atoms with Crippen molar-refractivity contribution in [2.24, 2.45) is 11.0 Å². The molecular weight excluding hydrogens is 382 g/mol. The van der Waals surface area contributed by atoms with Gasteiger partial charge in [-0.05, 0) is 44.0 Å². The minimum Gasteiger partial charge on any atom is -0.494 e. The molecule has 1 saturated carbocycles. The first-order chi connectivity index (χ1) is 14.5. The van der Waals surface area contributed by atoms with Crippen molar-refractivity contribution in [1.82, 2.24) is 15.2 Å². The number of carbonyl (C=O) groups excluding carboxylic acids is 2. The zero-order valence-electron chi connectivity index (χ0n) is 17.9. The van der Waals surface area contributed by atoms with Crippen molar-refractivity contribution in [1.29, 1.82) is 0 Å². The molecule has 8 nitrogen and oxygen atoms in total. The summed E-state index contributed by atoms with van der Waals surface area (Å²) in [7, 11) is 0. The van der Waals surface area contributed by atoms with Gasteiger partial charge in [-0.3, -0.25) is 15.0 Å². The molecule has 1 aromatic rings. The molecule has 1 aliphatic carbocycles. The maximum Gasteiger partial charge on any atom is 0.268 e. The summed E-state index contributed by atoms with van der Waals surface area (Å²) in [5, 5.41) is 7.37. The fourth-order valence-electron chi connectivity index (χ4n) is 4.79. The van der Waals surface area contributed by atoms with Crippen LogP contribution >= 0.6 is 0 Å². The largest absolute Gasteiger partial charge is 0.494 e. The monoisotopic (exact) mass is 413 g/mol. The van der Waals surface area contributed by atoms with Gasteiger partial charge in [0.25, 0.3) is 5.91 Å². The summed E-state index contributed by atoms with van der Waals surface area (Å²) in [5.41, 5.74) is 3.71. The number of hydrogen-bond donors (Lipinski definition) is 2.